The number of amides is 3. The van der Waals surface area contributed by atoms with Crippen LogP contribution in [-0.2, 0) is 19.1 Å². The lowest BCUT2D eigenvalue weighted by atomic mass is 9.66. The molecule has 3 N–H and O–H groups in total. The van der Waals surface area contributed by atoms with Crippen molar-refractivity contribution in [1.82, 2.24) is 10.2 Å². The van der Waals surface area contributed by atoms with Crippen LogP contribution in [0.3, 0.4) is 0 Å². The molecule has 0 aliphatic carbocycles. The highest BCUT2D eigenvalue weighted by Crippen LogP contribution is 2.63. The SMILES string of the molecule is CCCNC(=O)[C@H]1[C@H]2C(=O)N([C@@H](CO)CC(C)C)C(C(=O)Nc3cc(C)ccc3C)C23CC[C@]1(C)O3. The van der Waals surface area contributed by atoms with Crippen molar-refractivity contribution in [3.8, 4) is 0 Å². The van der Waals surface area contributed by atoms with Gasteiger partial charge in [-0.2, -0.15) is 0 Å². The lowest BCUT2D eigenvalue weighted by Gasteiger charge is -2.37. The number of hydrogen-bond acceptors (Lipinski definition) is 5. The highest BCUT2D eigenvalue weighted by atomic mass is 16.5. The van der Waals surface area contributed by atoms with Gasteiger partial charge in [0.1, 0.15) is 11.6 Å². The number of ether oxygens (including phenoxy) is 1. The van der Waals surface area contributed by atoms with E-state index < -0.39 is 35.1 Å². The van der Waals surface area contributed by atoms with Gasteiger partial charge in [-0.25, -0.2) is 0 Å². The Morgan fingerprint density at radius 2 is 1.94 bits per heavy atom. The quantitative estimate of drug-likeness (QED) is 0.484. The van der Waals surface area contributed by atoms with Crippen LogP contribution in [0, 0.1) is 31.6 Å². The molecule has 0 saturated carbocycles. The van der Waals surface area contributed by atoms with E-state index in [9.17, 15) is 19.5 Å². The predicted molar refractivity (Wildman–Crippen MR) is 137 cm³/mol. The molecule has 3 saturated heterocycles. The summed E-state index contributed by atoms with van der Waals surface area (Å²) < 4.78 is 6.65. The second kappa shape index (κ2) is 9.78. The third kappa shape index (κ3) is 4.22. The van der Waals surface area contributed by atoms with Crippen molar-refractivity contribution in [2.24, 2.45) is 17.8 Å². The Kier molecular flexibility index (Phi) is 7.23. The molecule has 36 heavy (non-hydrogen) atoms. The number of rotatable bonds is 9. The van der Waals surface area contributed by atoms with Gasteiger partial charge in [-0.3, -0.25) is 14.4 Å². The average molecular weight is 500 g/mol. The first-order valence-electron chi connectivity index (χ1n) is 13.3. The molecule has 3 aliphatic rings. The maximum Gasteiger partial charge on any atom is 0.250 e. The van der Waals surface area contributed by atoms with Crippen LogP contribution in [0.2, 0.25) is 0 Å². The molecule has 198 valence electrons. The van der Waals surface area contributed by atoms with Crippen LogP contribution >= 0.6 is 0 Å². The molecule has 3 aliphatic heterocycles. The minimum atomic E-state index is -1.10. The Hall–Kier alpha value is -2.45. The normalized spacial score (nSPS) is 31.6. The van der Waals surface area contributed by atoms with E-state index in [-0.39, 0.29) is 30.2 Å². The third-order valence-electron chi connectivity index (χ3n) is 8.29. The molecule has 3 amide bonds. The first-order valence-corrected chi connectivity index (χ1v) is 13.3. The van der Waals surface area contributed by atoms with Gasteiger partial charge in [0, 0.05) is 12.2 Å². The number of carbonyl (C=O) groups excluding carboxylic acids is 3. The second-order valence-electron chi connectivity index (χ2n) is 11.5. The summed E-state index contributed by atoms with van der Waals surface area (Å²) in [6, 6.07) is 4.37. The summed E-state index contributed by atoms with van der Waals surface area (Å²) in [5, 5.41) is 16.4. The summed E-state index contributed by atoms with van der Waals surface area (Å²) in [5.41, 5.74) is 0.700. The standard InChI is InChI=1S/C28H41N3O5/c1-7-12-29-24(33)21-22-26(35)31(19(15-32)13-16(2)3)23(28(22)11-10-27(21,6)36-28)25(34)30-20-14-17(4)8-9-18(20)5/h8-9,14,16,19,21-23,32H,7,10-13,15H2,1-6H3,(H,29,33)(H,30,34)/t19-,21-,22+,23?,27+,28?/m1/s1. The highest BCUT2D eigenvalue weighted by molar-refractivity contribution is 6.04. The molecule has 2 bridgehead atoms. The minimum Gasteiger partial charge on any atom is -0.394 e. The number of carbonyl (C=O) groups is 3. The van der Waals surface area contributed by atoms with Gasteiger partial charge in [0.25, 0.3) is 0 Å². The fourth-order valence-corrected chi connectivity index (χ4v) is 6.71. The Morgan fingerprint density at radius 3 is 2.58 bits per heavy atom. The van der Waals surface area contributed by atoms with Gasteiger partial charge < -0.3 is 25.4 Å². The predicted octanol–water partition coefficient (Wildman–Crippen LogP) is 2.94. The maximum atomic E-state index is 14.1. The summed E-state index contributed by atoms with van der Waals surface area (Å²) >= 11 is 0. The molecule has 1 aromatic rings. The van der Waals surface area contributed by atoms with E-state index in [2.05, 4.69) is 10.6 Å². The summed E-state index contributed by atoms with van der Waals surface area (Å²) in [7, 11) is 0. The zero-order valence-corrected chi connectivity index (χ0v) is 22.4. The maximum absolute atomic E-state index is 14.1. The Balaban J connectivity index is 1.78. The van der Waals surface area contributed by atoms with E-state index in [1.165, 1.54) is 0 Å². The largest absolute Gasteiger partial charge is 0.394 e. The van der Waals surface area contributed by atoms with E-state index in [0.717, 1.165) is 17.5 Å². The summed E-state index contributed by atoms with van der Waals surface area (Å²) in [6.07, 6.45) is 2.44. The van der Waals surface area contributed by atoms with Crippen LogP contribution in [-0.4, -0.2) is 64.2 Å². The number of anilines is 1. The number of nitrogens with zero attached hydrogens (tertiary/aromatic N) is 1. The monoisotopic (exact) mass is 499 g/mol. The van der Waals surface area contributed by atoms with Gasteiger partial charge in [-0.1, -0.05) is 32.9 Å². The zero-order valence-electron chi connectivity index (χ0n) is 22.4. The number of aryl methyl sites for hydroxylation is 2. The van der Waals surface area contributed by atoms with E-state index in [4.69, 9.17) is 4.74 Å². The lowest BCUT2D eigenvalue weighted by molar-refractivity contribution is -0.148. The molecule has 8 nitrogen and oxygen atoms in total. The molecule has 1 spiro atoms. The Morgan fingerprint density at radius 1 is 1.22 bits per heavy atom. The fourth-order valence-electron chi connectivity index (χ4n) is 6.71. The van der Waals surface area contributed by atoms with Crippen LogP contribution < -0.4 is 10.6 Å². The van der Waals surface area contributed by atoms with Crippen molar-refractivity contribution >= 4 is 23.4 Å². The van der Waals surface area contributed by atoms with Crippen LogP contribution in [0.1, 0.15) is 64.5 Å². The summed E-state index contributed by atoms with van der Waals surface area (Å²) in [5.74, 6) is -2.03. The second-order valence-corrected chi connectivity index (χ2v) is 11.5. The van der Waals surface area contributed by atoms with E-state index in [0.29, 0.717) is 31.5 Å². The smallest absolute Gasteiger partial charge is 0.250 e. The fraction of sp³-hybridized carbons (Fsp3) is 0.679. The number of aliphatic hydroxyl groups excluding tert-OH is 1. The van der Waals surface area contributed by atoms with Crippen molar-refractivity contribution in [2.45, 2.75) is 90.5 Å². The average Bonchev–Trinajstić information content (AvgIpc) is 3.39. The van der Waals surface area contributed by atoms with Gasteiger partial charge in [0.05, 0.1) is 30.1 Å². The van der Waals surface area contributed by atoms with Crippen molar-refractivity contribution in [3.05, 3.63) is 29.3 Å². The molecule has 2 unspecified atom stereocenters. The number of fused-ring (bicyclic) bond motifs is 1. The summed E-state index contributed by atoms with van der Waals surface area (Å²) in [4.78, 5) is 43.1. The number of nitrogens with one attached hydrogen (secondary N) is 2. The van der Waals surface area contributed by atoms with Crippen molar-refractivity contribution in [3.63, 3.8) is 0 Å². The van der Waals surface area contributed by atoms with E-state index in [1.807, 2.05) is 59.7 Å². The van der Waals surface area contributed by atoms with Gasteiger partial charge in [0.15, 0.2) is 0 Å². The summed E-state index contributed by atoms with van der Waals surface area (Å²) in [6.45, 7) is 12.1. The topological polar surface area (TPSA) is 108 Å². The third-order valence-corrected chi connectivity index (χ3v) is 8.29. The van der Waals surface area contributed by atoms with Crippen LogP contribution in [0.25, 0.3) is 0 Å². The molecule has 4 rings (SSSR count). The van der Waals surface area contributed by atoms with Crippen molar-refractivity contribution in [1.29, 1.82) is 0 Å². The van der Waals surface area contributed by atoms with Crippen LogP contribution in [0.15, 0.2) is 18.2 Å². The van der Waals surface area contributed by atoms with Crippen molar-refractivity contribution < 1.29 is 24.2 Å². The first-order chi connectivity index (χ1) is 17.0. The van der Waals surface area contributed by atoms with E-state index >= 15 is 0 Å². The number of hydrogen-bond donors (Lipinski definition) is 3. The van der Waals surface area contributed by atoms with Gasteiger partial charge in [-0.15, -0.1) is 0 Å². The number of likely N-dealkylation sites (tertiary alicyclic amines) is 1. The van der Waals surface area contributed by atoms with Gasteiger partial charge in [-0.05, 0) is 69.6 Å². The molecular weight excluding hydrogens is 458 g/mol. The Bertz CT molecular complexity index is 1040. The zero-order chi connectivity index (χ0) is 26.4. The Labute approximate surface area is 214 Å². The van der Waals surface area contributed by atoms with E-state index in [1.54, 1.807) is 4.90 Å². The van der Waals surface area contributed by atoms with Gasteiger partial charge in [0.2, 0.25) is 17.7 Å². The van der Waals surface area contributed by atoms with Crippen molar-refractivity contribution in [2.75, 3.05) is 18.5 Å². The molecule has 3 heterocycles. The molecule has 0 radical (unpaired) electrons. The molecule has 8 heteroatoms. The number of benzene rings is 1. The first kappa shape index (κ1) is 26.6. The molecular formula is C28H41N3O5. The van der Waals surface area contributed by atoms with Crippen LogP contribution in [0.4, 0.5) is 5.69 Å². The minimum absolute atomic E-state index is 0.195. The molecule has 6 atom stereocenters. The molecule has 1 aromatic carbocycles. The number of aliphatic hydroxyl groups is 1. The van der Waals surface area contributed by atoms with Gasteiger partial charge >= 0.3 is 0 Å². The highest BCUT2D eigenvalue weighted by Gasteiger charge is 2.78. The molecule has 3 fully saturated rings. The lowest BCUT2D eigenvalue weighted by Crippen LogP contribution is -2.56. The molecule has 0 aromatic heterocycles. The van der Waals surface area contributed by atoms with Crippen LogP contribution in [0.5, 0.6) is 0 Å².